The third kappa shape index (κ3) is 3.84. The van der Waals surface area contributed by atoms with Crippen LogP contribution in [0.25, 0.3) is 0 Å². The van der Waals surface area contributed by atoms with Crippen LogP contribution in [0, 0.1) is 56.2 Å². The van der Waals surface area contributed by atoms with Crippen molar-refractivity contribution < 1.29 is 19.1 Å². The number of carbonyl (C=O) groups is 2. The van der Waals surface area contributed by atoms with Gasteiger partial charge in [0, 0.05) is 6.42 Å². The molecule has 0 aliphatic heterocycles. The molecule has 236 valence electrons. The van der Waals surface area contributed by atoms with Crippen LogP contribution in [0.3, 0.4) is 0 Å². The minimum atomic E-state index is -0.906. The van der Waals surface area contributed by atoms with E-state index in [0.29, 0.717) is 42.2 Å². The van der Waals surface area contributed by atoms with Crippen LogP contribution in [0.1, 0.15) is 109 Å². The molecule has 0 N–H and O–H groups in total. The third-order valence-corrected chi connectivity index (χ3v) is 14.3. The molecule has 6 rings (SSSR count). The Bertz CT molecular complexity index is 1510. The summed E-state index contributed by atoms with van der Waals surface area (Å²) in [6.07, 6.45) is 5.64. The first-order valence-electron chi connectivity index (χ1n) is 16.6. The molecule has 0 radical (unpaired) electrons. The molecular weight excluding hydrogens is 560 g/mol. The van der Waals surface area contributed by atoms with Crippen LogP contribution >= 0.6 is 0 Å². The largest absolute Gasteiger partial charge is 0.465 e. The fourth-order valence-corrected chi connectivity index (χ4v) is 10.8. The van der Waals surface area contributed by atoms with E-state index in [9.17, 15) is 20.1 Å². The van der Waals surface area contributed by atoms with Crippen LogP contribution in [-0.2, 0) is 29.9 Å². The molecule has 45 heavy (non-hydrogen) atoms. The van der Waals surface area contributed by atoms with E-state index in [4.69, 9.17) is 9.47 Å². The Morgan fingerprint density at radius 3 is 1.38 bits per heavy atom. The van der Waals surface area contributed by atoms with Crippen LogP contribution < -0.4 is 0 Å². The molecular formula is C39H46N2O4. The van der Waals surface area contributed by atoms with Crippen molar-refractivity contribution in [3.05, 3.63) is 70.8 Å². The van der Waals surface area contributed by atoms with Gasteiger partial charge in [-0.3, -0.25) is 9.59 Å². The SMILES string of the molecule is CC1(C)C2CCC1(C)C(C(=O)OCCCOC(=O)C1(c3ccccc3C#N)CC3CCC1(C)C3(C)C)(c1ccccc1C#N)C2. The van der Waals surface area contributed by atoms with E-state index in [1.165, 1.54) is 0 Å². The number of carbonyl (C=O) groups excluding carboxylic acids is 2. The number of benzene rings is 2. The van der Waals surface area contributed by atoms with E-state index >= 15 is 0 Å². The van der Waals surface area contributed by atoms with Crippen LogP contribution in [0.5, 0.6) is 0 Å². The van der Waals surface area contributed by atoms with Crippen molar-refractivity contribution in [1.82, 2.24) is 0 Å². The quantitative estimate of drug-likeness (QED) is 0.225. The zero-order chi connectivity index (χ0) is 32.5. The molecule has 4 fully saturated rings. The van der Waals surface area contributed by atoms with Crippen molar-refractivity contribution in [3.63, 3.8) is 0 Å². The standard InChI is InChI=1S/C39H46N2O4/c1-34(2)28-16-18-36(34,5)38(22-28,30-14-9-7-12-26(30)24-40)32(42)44-20-11-21-45-33(43)39(31-15-10-8-13-27(31)25-41)23-29-17-19-37(39,6)35(29,3)4/h7-10,12-15,28-29H,11,16-23H2,1-6H3. The second-order valence-corrected chi connectivity index (χ2v) is 15.7. The lowest BCUT2D eigenvalue weighted by molar-refractivity contribution is -0.160. The summed E-state index contributed by atoms with van der Waals surface area (Å²) in [7, 11) is 0. The van der Waals surface area contributed by atoms with Crippen LogP contribution in [0.2, 0.25) is 0 Å². The zero-order valence-electron chi connectivity index (χ0n) is 27.7. The number of nitriles is 2. The molecule has 6 heteroatoms. The Morgan fingerprint density at radius 2 is 1.07 bits per heavy atom. The van der Waals surface area contributed by atoms with Gasteiger partial charge in [0.15, 0.2) is 0 Å². The first-order chi connectivity index (χ1) is 21.3. The number of hydrogen-bond donors (Lipinski definition) is 0. The minimum absolute atomic E-state index is 0.0806. The first-order valence-corrected chi connectivity index (χ1v) is 16.6. The molecule has 4 bridgehead atoms. The summed E-state index contributed by atoms with van der Waals surface area (Å²) in [4.78, 5) is 28.5. The van der Waals surface area contributed by atoms with Gasteiger partial charge in [-0.05, 0) is 95.3 Å². The molecule has 0 amide bonds. The van der Waals surface area contributed by atoms with Gasteiger partial charge in [-0.25, -0.2) is 0 Å². The monoisotopic (exact) mass is 606 g/mol. The highest BCUT2D eigenvalue weighted by atomic mass is 16.5. The topological polar surface area (TPSA) is 100 Å². The maximum atomic E-state index is 14.3. The van der Waals surface area contributed by atoms with Crippen molar-refractivity contribution in [2.75, 3.05) is 13.2 Å². The fraction of sp³-hybridized carbons (Fsp3) is 0.590. The molecule has 0 heterocycles. The number of esters is 2. The molecule has 4 aliphatic rings. The van der Waals surface area contributed by atoms with Gasteiger partial charge in [0.1, 0.15) is 10.8 Å². The average Bonchev–Trinajstić information content (AvgIpc) is 3.55. The normalized spacial score (nSPS) is 35.0. The summed E-state index contributed by atoms with van der Waals surface area (Å²) in [5, 5.41) is 20.0. The maximum absolute atomic E-state index is 14.3. The smallest absolute Gasteiger partial charge is 0.317 e. The average molecular weight is 607 g/mol. The molecule has 6 atom stereocenters. The molecule has 6 unspecified atom stereocenters. The molecule has 6 nitrogen and oxygen atoms in total. The van der Waals surface area contributed by atoms with Crippen molar-refractivity contribution in [3.8, 4) is 12.1 Å². The summed E-state index contributed by atoms with van der Waals surface area (Å²) in [6, 6.07) is 19.6. The second kappa shape index (κ2) is 10.4. The maximum Gasteiger partial charge on any atom is 0.317 e. The lowest BCUT2D eigenvalue weighted by Crippen LogP contribution is -2.52. The van der Waals surface area contributed by atoms with Gasteiger partial charge in [-0.2, -0.15) is 10.5 Å². The Kier molecular flexibility index (Phi) is 7.28. The Balaban J connectivity index is 1.20. The third-order valence-electron chi connectivity index (χ3n) is 14.3. The zero-order valence-corrected chi connectivity index (χ0v) is 27.7. The highest BCUT2D eigenvalue weighted by Gasteiger charge is 2.74. The summed E-state index contributed by atoms with van der Waals surface area (Å²) in [5.41, 5.74) is -0.0914. The van der Waals surface area contributed by atoms with E-state index in [1.54, 1.807) is 12.1 Å². The van der Waals surface area contributed by atoms with Crippen molar-refractivity contribution in [2.24, 2.45) is 33.5 Å². The first kappa shape index (κ1) is 31.3. The molecule has 0 aromatic heterocycles. The van der Waals surface area contributed by atoms with Gasteiger partial charge in [0.05, 0.1) is 36.5 Å². The van der Waals surface area contributed by atoms with Gasteiger partial charge < -0.3 is 9.47 Å². The lowest BCUT2D eigenvalue weighted by Gasteiger charge is -2.47. The van der Waals surface area contributed by atoms with E-state index < -0.39 is 10.8 Å². The van der Waals surface area contributed by atoms with E-state index in [0.717, 1.165) is 36.8 Å². The molecule has 0 spiro atoms. The van der Waals surface area contributed by atoms with Crippen molar-refractivity contribution in [1.29, 1.82) is 10.5 Å². The molecule has 4 saturated carbocycles. The van der Waals surface area contributed by atoms with Gasteiger partial charge in [-0.15, -0.1) is 0 Å². The second-order valence-electron chi connectivity index (χ2n) is 15.7. The molecule has 0 saturated heterocycles. The molecule has 2 aromatic carbocycles. The predicted molar refractivity (Wildman–Crippen MR) is 171 cm³/mol. The number of fused-ring (bicyclic) bond motifs is 4. The fourth-order valence-electron chi connectivity index (χ4n) is 10.8. The van der Waals surface area contributed by atoms with E-state index in [2.05, 4.69) is 53.7 Å². The van der Waals surface area contributed by atoms with Crippen LogP contribution in [0.4, 0.5) is 0 Å². The van der Waals surface area contributed by atoms with Gasteiger partial charge in [-0.1, -0.05) is 77.9 Å². The van der Waals surface area contributed by atoms with E-state index in [-0.39, 0.29) is 46.8 Å². The summed E-state index contributed by atoms with van der Waals surface area (Å²) in [5.74, 6) is 0.164. The van der Waals surface area contributed by atoms with E-state index in [1.807, 2.05) is 36.4 Å². The van der Waals surface area contributed by atoms with Crippen LogP contribution in [-0.4, -0.2) is 25.2 Å². The number of hydrogen-bond acceptors (Lipinski definition) is 6. The summed E-state index contributed by atoms with van der Waals surface area (Å²) < 4.78 is 12.1. The number of ether oxygens (including phenoxy) is 2. The van der Waals surface area contributed by atoms with Gasteiger partial charge >= 0.3 is 11.9 Å². The Hall–Kier alpha value is -3.64. The number of rotatable bonds is 8. The highest BCUT2D eigenvalue weighted by Crippen LogP contribution is 2.75. The summed E-state index contributed by atoms with van der Waals surface area (Å²) >= 11 is 0. The van der Waals surface area contributed by atoms with Crippen molar-refractivity contribution in [2.45, 2.75) is 97.3 Å². The minimum Gasteiger partial charge on any atom is -0.465 e. The van der Waals surface area contributed by atoms with Crippen LogP contribution in [0.15, 0.2) is 48.5 Å². The van der Waals surface area contributed by atoms with Gasteiger partial charge in [0.25, 0.3) is 0 Å². The summed E-state index contributed by atoms with van der Waals surface area (Å²) in [6.45, 7) is 13.7. The molecule has 2 aromatic rings. The Labute approximate surface area is 268 Å². The number of nitrogens with zero attached hydrogens (tertiary/aromatic N) is 2. The lowest BCUT2D eigenvalue weighted by atomic mass is 9.55. The Morgan fingerprint density at radius 1 is 0.689 bits per heavy atom. The molecule has 4 aliphatic carbocycles. The van der Waals surface area contributed by atoms with Crippen molar-refractivity contribution >= 4 is 11.9 Å². The van der Waals surface area contributed by atoms with Gasteiger partial charge in [0.2, 0.25) is 0 Å². The highest BCUT2D eigenvalue weighted by molar-refractivity contribution is 5.88. The predicted octanol–water partition coefficient (Wildman–Crippen LogP) is 7.77.